The highest BCUT2D eigenvalue weighted by molar-refractivity contribution is 7.99. The first-order chi connectivity index (χ1) is 43.2. The molecule has 89 heavy (non-hydrogen) atoms. The minimum absolute atomic E-state index is 0.0190. The van der Waals surface area contributed by atoms with Crippen LogP contribution in [0.25, 0.3) is 0 Å². The van der Waals surface area contributed by atoms with Gasteiger partial charge in [0.1, 0.15) is 24.4 Å². The third-order valence-corrected chi connectivity index (χ3v) is 12.9. The van der Waals surface area contributed by atoms with Crippen molar-refractivity contribution in [3.05, 3.63) is 41.7 Å². The standard InChI is InChI=1S/C57H101N10O20S2/c1-46(2)40-52(62-53(68)45-87-66-89(5)6)55(70)63-51(8-7-13-59-56(58)71)54(69)61-49-11-9-48(10-12-49)44-86-57(72)60-41-50-42-67(65-64-50)14-15-73-16-17-74-18-19-75-20-21-76-22-23-77-24-25-78-26-27-79-28-29-80-30-31-81-32-33-82-34-35-83-36-37-84-38-39-85-43-47(3)88-4/h9-12,42,46-47,51-52H,5,7-8,13-41,43-45H2,1-4,6H3,(H,60,72)(H,61,69)(H,62,68)(H,63,70)(H3,58,59,71)/q-1/t47?,51-,52-/m0/s1. The van der Waals surface area contributed by atoms with Crippen LogP contribution in [0.5, 0.6) is 0 Å². The predicted molar refractivity (Wildman–Crippen MR) is 335 cm³/mol. The smallest absolute Gasteiger partial charge is 0.407 e. The molecule has 0 saturated carbocycles. The van der Waals surface area contributed by atoms with Crippen molar-refractivity contribution in [2.45, 2.75) is 77.1 Å². The van der Waals surface area contributed by atoms with Gasteiger partial charge in [0.15, 0.2) is 6.61 Å². The highest BCUT2D eigenvalue weighted by Gasteiger charge is 2.28. The Morgan fingerprint density at radius 2 is 1.09 bits per heavy atom. The van der Waals surface area contributed by atoms with E-state index in [0.29, 0.717) is 200 Å². The van der Waals surface area contributed by atoms with Crippen LogP contribution in [0.15, 0.2) is 35.0 Å². The average Bonchev–Trinajstić information content (AvgIpc) is 3.71. The minimum Gasteiger partial charge on any atom is -0.445 e. The number of alkyl carbamates (subject to hydrolysis) is 1. The molecule has 0 aliphatic rings. The summed E-state index contributed by atoms with van der Waals surface area (Å²) in [5.41, 5.74) is 6.75. The van der Waals surface area contributed by atoms with Gasteiger partial charge < -0.3 is 109 Å². The van der Waals surface area contributed by atoms with Gasteiger partial charge in [0, 0.05) is 17.5 Å². The zero-order chi connectivity index (χ0) is 64.6. The second kappa shape index (κ2) is 55.9. The second-order valence-electron chi connectivity index (χ2n) is 19.8. The maximum atomic E-state index is 13.5. The summed E-state index contributed by atoms with van der Waals surface area (Å²) in [5.74, 6) is 2.04. The highest BCUT2D eigenvalue weighted by atomic mass is 32.2. The summed E-state index contributed by atoms with van der Waals surface area (Å²) in [6, 6.07) is 3.85. The Kier molecular flexibility index (Phi) is 50.4. The van der Waals surface area contributed by atoms with Crippen molar-refractivity contribution in [1.82, 2.24) is 36.3 Å². The van der Waals surface area contributed by atoms with Crippen molar-refractivity contribution in [2.75, 3.05) is 203 Å². The molecule has 2 rings (SSSR count). The molecule has 512 valence electrons. The van der Waals surface area contributed by atoms with Crippen molar-refractivity contribution in [3.8, 4) is 0 Å². The molecule has 32 heteroatoms. The van der Waals surface area contributed by atoms with E-state index in [-0.39, 0.29) is 38.5 Å². The Hall–Kier alpha value is -4.88. The maximum Gasteiger partial charge on any atom is 0.407 e. The van der Waals surface area contributed by atoms with E-state index in [4.69, 9.17) is 76.9 Å². The number of rotatable bonds is 60. The van der Waals surface area contributed by atoms with Crippen molar-refractivity contribution in [3.63, 3.8) is 0 Å². The second-order valence-corrected chi connectivity index (χ2v) is 22.4. The monoisotopic (exact) mass is 1310 g/mol. The van der Waals surface area contributed by atoms with Gasteiger partial charge >= 0.3 is 12.1 Å². The summed E-state index contributed by atoms with van der Waals surface area (Å²) in [5, 5.41) is 21.9. The topological polar surface area (TPSA) is 353 Å². The van der Waals surface area contributed by atoms with Crippen LogP contribution in [0.2, 0.25) is 0 Å². The van der Waals surface area contributed by atoms with Crippen molar-refractivity contribution < 1.29 is 95.1 Å². The van der Waals surface area contributed by atoms with E-state index in [1.165, 1.54) is 0 Å². The first kappa shape index (κ1) is 80.2. The predicted octanol–water partition coefficient (Wildman–Crippen LogP) is 1.87. The molecule has 6 amide bonds. The number of nitrogens with zero attached hydrogens (tertiary/aromatic N) is 4. The molecule has 30 nitrogen and oxygen atoms in total. The molecule has 0 fully saturated rings. The number of anilines is 1. The van der Waals surface area contributed by atoms with Crippen LogP contribution < -0.4 is 32.3 Å². The summed E-state index contributed by atoms with van der Waals surface area (Å²) < 4.78 is 82.6. The number of nitrogens with two attached hydrogens (primary N) is 1. The lowest BCUT2D eigenvalue weighted by molar-refractivity contribution is -0.133. The molecule has 0 aliphatic heterocycles. The number of carbonyl (C=O) groups is 5. The van der Waals surface area contributed by atoms with Gasteiger partial charge in [0.2, 0.25) is 17.7 Å². The number of carbonyl (C=O) groups excluding carboxylic acids is 5. The molecule has 1 aromatic carbocycles. The molecule has 1 unspecified atom stereocenters. The number of thioether (sulfide) groups is 1. The fourth-order valence-corrected chi connectivity index (χ4v) is 7.56. The van der Waals surface area contributed by atoms with E-state index in [9.17, 15) is 24.0 Å². The number of hydrogen-bond donors (Lipinski definition) is 6. The van der Waals surface area contributed by atoms with Gasteiger partial charge in [-0.25, -0.2) is 20.1 Å². The van der Waals surface area contributed by atoms with Gasteiger partial charge in [-0.3, -0.25) is 23.7 Å². The first-order valence-corrected chi connectivity index (χ1v) is 32.9. The Balaban J connectivity index is 1.40. The van der Waals surface area contributed by atoms with E-state index in [2.05, 4.69) is 60.5 Å². The van der Waals surface area contributed by atoms with Gasteiger partial charge in [0.05, 0.1) is 191 Å². The summed E-state index contributed by atoms with van der Waals surface area (Å²) in [4.78, 5) is 68.2. The molecular formula is C57H101N10O20S2-. The molecule has 1 heterocycles. The van der Waals surface area contributed by atoms with Crippen molar-refractivity contribution in [1.29, 1.82) is 0 Å². The molecule has 0 radical (unpaired) electrons. The summed E-state index contributed by atoms with van der Waals surface area (Å²) in [6.07, 6.45) is 5.54. The number of urea groups is 1. The van der Waals surface area contributed by atoms with Gasteiger partial charge in [-0.2, -0.15) is 11.8 Å². The number of amides is 6. The molecule has 0 spiro atoms. The van der Waals surface area contributed by atoms with E-state index < -0.39 is 58.8 Å². The summed E-state index contributed by atoms with van der Waals surface area (Å²) in [6.45, 7) is 18.7. The van der Waals surface area contributed by atoms with E-state index in [1.807, 2.05) is 13.8 Å². The number of benzene rings is 1. The molecular weight excluding hydrogens is 1210 g/mol. The maximum absolute atomic E-state index is 13.5. The Morgan fingerprint density at radius 3 is 1.53 bits per heavy atom. The van der Waals surface area contributed by atoms with Crippen LogP contribution in [0.4, 0.5) is 15.3 Å². The van der Waals surface area contributed by atoms with Crippen LogP contribution in [0.3, 0.4) is 0 Å². The number of primary amides is 1. The lowest BCUT2D eigenvalue weighted by atomic mass is 10.0. The molecule has 1 aromatic heterocycles. The zero-order valence-corrected chi connectivity index (χ0v) is 54.4. The fraction of sp³-hybridized carbons (Fsp3) is 0.754. The number of ether oxygens (including phenoxy) is 14. The van der Waals surface area contributed by atoms with Crippen molar-refractivity contribution in [2.24, 2.45) is 16.2 Å². The van der Waals surface area contributed by atoms with Crippen LogP contribution in [-0.2, 0) is 116 Å². The van der Waals surface area contributed by atoms with Crippen LogP contribution in [0.1, 0.15) is 51.3 Å². The Bertz CT molecular complexity index is 2210. The molecule has 0 bridgehead atoms. The average molecular weight is 1310 g/mol. The summed E-state index contributed by atoms with van der Waals surface area (Å²) in [7, 11) is -0.645. The van der Waals surface area contributed by atoms with Crippen LogP contribution >= 0.6 is 11.8 Å². The number of nitrogens with one attached hydrogen (secondary N) is 5. The lowest BCUT2D eigenvalue weighted by Gasteiger charge is -2.24. The van der Waals surface area contributed by atoms with Gasteiger partial charge in [0.25, 0.3) is 0 Å². The van der Waals surface area contributed by atoms with Gasteiger partial charge in [-0.05, 0) is 49.1 Å². The molecule has 0 aliphatic carbocycles. The minimum atomic E-state index is -1.04. The van der Waals surface area contributed by atoms with E-state index in [0.717, 1.165) is 6.61 Å². The van der Waals surface area contributed by atoms with Gasteiger partial charge in [-0.1, -0.05) is 38.1 Å². The highest BCUT2D eigenvalue weighted by Crippen LogP contribution is 2.14. The lowest BCUT2D eigenvalue weighted by Crippen LogP contribution is -2.53. The van der Waals surface area contributed by atoms with Crippen LogP contribution in [-0.4, -0.2) is 265 Å². The quantitative estimate of drug-likeness (QED) is 0.0238. The third kappa shape index (κ3) is 48.6. The molecule has 3 atom stereocenters. The summed E-state index contributed by atoms with van der Waals surface area (Å²) >= 11 is 1.78. The zero-order valence-electron chi connectivity index (χ0n) is 52.8. The Morgan fingerprint density at radius 1 is 0.629 bits per heavy atom. The third-order valence-electron chi connectivity index (χ3n) is 11.6. The molecule has 7 N–H and O–H groups in total. The largest absolute Gasteiger partial charge is 0.445 e. The number of hydrogen-bond acceptors (Lipinski definition) is 25. The molecule has 0 saturated heterocycles. The fourth-order valence-electron chi connectivity index (χ4n) is 7.09. The van der Waals surface area contributed by atoms with E-state index >= 15 is 0 Å². The van der Waals surface area contributed by atoms with Crippen LogP contribution in [0, 0.1) is 5.92 Å². The first-order valence-electron chi connectivity index (χ1n) is 29.9. The Labute approximate surface area is 530 Å². The van der Waals surface area contributed by atoms with Gasteiger partial charge in [-0.15, -0.1) is 11.4 Å². The number of aromatic nitrogens is 3. The normalized spacial score (nSPS) is 12.8. The van der Waals surface area contributed by atoms with E-state index in [1.54, 1.807) is 53.2 Å². The SMILES string of the molecule is C=[S-](C)=NOCC(=O)N[C@@H](CC(C)C)C(=O)N[C@@H](CCCNC(N)=O)C(=O)Nc1ccc(COC(=O)NCc2cn(CCOCCOCCOCCOCCOCCOCCOCCOCCOCCOCCOCCOCCOCC(C)SC)nn2)cc1. The van der Waals surface area contributed by atoms with Crippen molar-refractivity contribution >= 4 is 63.4 Å². The molecule has 2 aromatic rings.